The molecule has 1 fully saturated rings. The maximum absolute atomic E-state index is 12.2. The number of hydrogen-bond donors (Lipinski definition) is 1. The smallest absolute Gasteiger partial charge is 0.410 e. The van der Waals surface area contributed by atoms with Gasteiger partial charge in [-0.25, -0.2) is 9.78 Å². The lowest BCUT2D eigenvalue weighted by atomic mass is 10.2. The molecule has 1 aromatic heterocycles. The third kappa shape index (κ3) is 5.50. The zero-order chi connectivity index (χ0) is 21.2. The number of carbonyl (C=O) groups is 1. The number of anilines is 3. The van der Waals surface area contributed by atoms with Crippen molar-refractivity contribution >= 4 is 39.2 Å². The fourth-order valence-corrected chi connectivity index (χ4v) is 3.50. The summed E-state index contributed by atoms with van der Waals surface area (Å²) < 4.78 is 7.50. The second-order valence-corrected chi connectivity index (χ2v) is 8.77. The van der Waals surface area contributed by atoms with Crippen LogP contribution in [0.4, 0.5) is 22.0 Å². The molecule has 1 aromatic carbocycles. The monoisotopic (exact) mass is 463 g/mol. The molecule has 0 unspecified atom stereocenters. The average Bonchev–Trinajstić information content (AvgIpc) is 2.65. The normalized spacial score (nSPS) is 14.7. The van der Waals surface area contributed by atoms with Gasteiger partial charge in [0.2, 0.25) is 0 Å². The number of amides is 1. The summed E-state index contributed by atoms with van der Waals surface area (Å²) in [6.45, 7) is 8.32. The van der Waals surface area contributed by atoms with Crippen molar-refractivity contribution in [1.82, 2.24) is 14.5 Å². The SMILES string of the molecule is Cn1cc(Br)nc(Nc2ccc(N3CCN(C(=O)OC(C)(C)C)CC3)cc2)c1=O. The molecule has 29 heavy (non-hydrogen) atoms. The molecule has 1 aliphatic rings. The first-order valence-electron chi connectivity index (χ1n) is 9.45. The van der Waals surface area contributed by atoms with E-state index in [-0.39, 0.29) is 17.5 Å². The first kappa shape index (κ1) is 21.2. The van der Waals surface area contributed by atoms with Crippen LogP contribution in [0.15, 0.2) is 39.9 Å². The van der Waals surface area contributed by atoms with Crippen LogP contribution in [0, 0.1) is 0 Å². The number of benzene rings is 1. The van der Waals surface area contributed by atoms with Crippen molar-refractivity contribution in [3.05, 3.63) is 45.4 Å². The summed E-state index contributed by atoms with van der Waals surface area (Å²) in [5.41, 5.74) is 1.16. The van der Waals surface area contributed by atoms with Crippen LogP contribution in [0.2, 0.25) is 0 Å². The largest absolute Gasteiger partial charge is 0.444 e. The van der Waals surface area contributed by atoms with Crippen LogP contribution in [0.5, 0.6) is 0 Å². The minimum Gasteiger partial charge on any atom is -0.444 e. The molecule has 1 N–H and O–H groups in total. The maximum Gasteiger partial charge on any atom is 0.410 e. The molecular formula is C20H26BrN5O3. The van der Waals surface area contributed by atoms with Crippen LogP contribution in [-0.4, -0.2) is 52.3 Å². The summed E-state index contributed by atoms with van der Waals surface area (Å²) in [7, 11) is 1.68. The molecule has 2 aromatic rings. The fraction of sp³-hybridized carbons (Fsp3) is 0.450. The second-order valence-electron chi connectivity index (χ2n) is 7.95. The van der Waals surface area contributed by atoms with E-state index in [1.54, 1.807) is 18.1 Å². The van der Waals surface area contributed by atoms with Crippen molar-refractivity contribution in [1.29, 1.82) is 0 Å². The molecule has 2 heterocycles. The van der Waals surface area contributed by atoms with Crippen LogP contribution < -0.4 is 15.8 Å². The molecule has 9 heteroatoms. The number of piperazine rings is 1. The molecule has 1 aliphatic heterocycles. The van der Waals surface area contributed by atoms with E-state index in [4.69, 9.17) is 4.74 Å². The zero-order valence-corrected chi connectivity index (χ0v) is 18.7. The summed E-state index contributed by atoms with van der Waals surface area (Å²) in [4.78, 5) is 32.5. The van der Waals surface area contributed by atoms with E-state index in [2.05, 4.69) is 31.1 Å². The molecule has 0 bridgehead atoms. The van der Waals surface area contributed by atoms with Gasteiger partial charge in [0.25, 0.3) is 5.56 Å². The van der Waals surface area contributed by atoms with Crippen LogP contribution in [0.1, 0.15) is 20.8 Å². The summed E-state index contributed by atoms with van der Waals surface area (Å²) in [6.07, 6.45) is 1.35. The number of halogens is 1. The van der Waals surface area contributed by atoms with Crippen molar-refractivity contribution in [2.75, 3.05) is 36.4 Å². The summed E-state index contributed by atoms with van der Waals surface area (Å²) in [6, 6.07) is 7.82. The van der Waals surface area contributed by atoms with Crippen molar-refractivity contribution in [2.24, 2.45) is 7.05 Å². The van der Waals surface area contributed by atoms with E-state index in [0.717, 1.165) is 24.5 Å². The molecule has 3 rings (SSSR count). The standard InChI is InChI=1S/C20H26BrN5O3/c1-20(2,3)29-19(28)26-11-9-25(10-12-26)15-7-5-14(6-8-15)22-17-18(27)24(4)13-16(21)23-17/h5-8,13H,9-12H2,1-4H3,(H,22,23). The third-order valence-corrected chi connectivity index (χ3v) is 4.85. The highest BCUT2D eigenvalue weighted by Crippen LogP contribution is 2.22. The molecule has 0 radical (unpaired) electrons. The Hall–Kier alpha value is -2.55. The van der Waals surface area contributed by atoms with Crippen molar-refractivity contribution in [2.45, 2.75) is 26.4 Å². The average molecular weight is 464 g/mol. The zero-order valence-electron chi connectivity index (χ0n) is 17.1. The van der Waals surface area contributed by atoms with Crippen LogP contribution >= 0.6 is 15.9 Å². The number of hydrogen-bond acceptors (Lipinski definition) is 6. The lowest BCUT2D eigenvalue weighted by Crippen LogP contribution is -2.50. The van der Waals surface area contributed by atoms with E-state index in [1.807, 2.05) is 45.0 Å². The molecule has 0 atom stereocenters. The lowest BCUT2D eigenvalue weighted by molar-refractivity contribution is 0.0240. The number of aromatic nitrogens is 2. The quantitative estimate of drug-likeness (QED) is 0.751. The van der Waals surface area contributed by atoms with Gasteiger partial charge in [0, 0.05) is 50.8 Å². The van der Waals surface area contributed by atoms with Crippen LogP contribution in [-0.2, 0) is 11.8 Å². The number of nitrogens with one attached hydrogen (secondary N) is 1. The molecule has 8 nitrogen and oxygen atoms in total. The van der Waals surface area contributed by atoms with Gasteiger partial charge in [0.1, 0.15) is 10.2 Å². The van der Waals surface area contributed by atoms with E-state index >= 15 is 0 Å². The Morgan fingerprint density at radius 2 is 1.76 bits per heavy atom. The van der Waals surface area contributed by atoms with E-state index in [0.29, 0.717) is 17.7 Å². The van der Waals surface area contributed by atoms with Gasteiger partial charge < -0.3 is 24.4 Å². The Balaban J connectivity index is 1.60. The van der Waals surface area contributed by atoms with Gasteiger partial charge in [-0.1, -0.05) is 0 Å². The first-order chi connectivity index (χ1) is 13.6. The van der Waals surface area contributed by atoms with Crippen molar-refractivity contribution in [3.8, 4) is 0 Å². The van der Waals surface area contributed by atoms with Gasteiger partial charge in [-0.2, -0.15) is 0 Å². The Morgan fingerprint density at radius 3 is 2.34 bits per heavy atom. The maximum atomic E-state index is 12.2. The highest BCUT2D eigenvalue weighted by Gasteiger charge is 2.25. The number of nitrogens with zero attached hydrogens (tertiary/aromatic N) is 4. The minimum absolute atomic E-state index is 0.199. The molecule has 0 aliphatic carbocycles. The van der Waals surface area contributed by atoms with Crippen LogP contribution in [0.3, 0.4) is 0 Å². The van der Waals surface area contributed by atoms with E-state index in [9.17, 15) is 9.59 Å². The number of ether oxygens (including phenoxy) is 1. The molecule has 156 valence electrons. The Bertz CT molecular complexity index is 929. The van der Waals surface area contributed by atoms with Gasteiger partial charge in [-0.3, -0.25) is 4.79 Å². The first-order valence-corrected chi connectivity index (χ1v) is 10.2. The van der Waals surface area contributed by atoms with Gasteiger partial charge >= 0.3 is 6.09 Å². The predicted molar refractivity (Wildman–Crippen MR) is 117 cm³/mol. The topological polar surface area (TPSA) is 79.7 Å². The Labute approximate surface area is 178 Å². The minimum atomic E-state index is -0.485. The number of aryl methyl sites for hydroxylation is 1. The van der Waals surface area contributed by atoms with E-state index < -0.39 is 5.60 Å². The Morgan fingerprint density at radius 1 is 1.14 bits per heavy atom. The molecule has 1 amide bonds. The Kier molecular flexibility index (Phi) is 6.16. The second kappa shape index (κ2) is 8.44. The van der Waals surface area contributed by atoms with Gasteiger partial charge in [0.05, 0.1) is 0 Å². The highest BCUT2D eigenvalue weighted by atomic mass is 79.9. The third-order valence-electron chi connectivity index (χ3n) is 4.47. The molecular weight excluding hydrogens is 438 g/mol. The summed E-state index contributed by atoms with van der Waals surface area (Å²) >= 11 is 3.30. The van der Waals surface area contributed by atoms with Gasteiger partial charge in [-0.15, -0.1) is 0 Å². The van der Waals surface area contributed by atoms with Gasteiger partial charge in [-0.05, 0) is 61.0 Å². The van der Waals surface area contributed by atoms with Gasteiger partial charge in [0.15, 0.2) is 5.82 Å². The molecule has 0 spiro atoms. The van der Waals surface area contributed by atoms with Crippen molar-refractivity contribution < 1.29 is 9.53 Å². The van der Waals surface area contributed by atoms with Crippen molar-refractivity contribution in [3.63, 3.8) is 0 Å². The fourth-order valence-electron chi connectivity index (χ4n) is 3.02. The summed E-state index contributed by atoms with van der Waals surface area (Å²) in [5.74, 6) is 0.264. The number of rotatable bonds is 3. The highest BCUT2D eigenvalue weighted by molar-refractivity contribution is 9.10. The molecule has 0 saturated carbocycles. The molecule has 1 saturated heterocycles. The summed E-state index contributed by atoms with van der Waals surface area (Å²) in [5, 5.41) is 3.07. The predicted octanol–water partition coefficient (Wildman–Crippen LogP) is 3.34. The van der Waals surface area contributed by atoms with E-state index in [1.165, 1.54) is 4.57 Å². The lowest BCUT2D eigenvalue weighted by Gasteiger charge is -2.36. The number of carbonyl (C=O) groups excluding carboxylic acids is 1. The van der Waals surface area contributed by atoms with Crippen LogP contribution in [0.25, 0.3) is 0 Å².